The molecule has 6 heteroatoms. The van der Waals surface area contributed by atoms with E-state index in [0.29, 0.717) is 11.9 Å². The number of aromatic nitrogens is 3. The van der Waals surface area contributed by atoms with Gasteiger partial charge in [-0.25, -0.2) is 4.98 Å². The fraction of sp³-hybridized carbons (Fsp3) is 0.417. The summed E-state index contributed by atoms with van der Waals surface area (Å²) in [6, 6.07) is 4.51. The van der Waals surface area contributed by atoms with Gasteiger partial charge in [-0.1, -0.05) is 11.3 Å². The summed E-state index contributed by atoms with van der Waals surface area (Å²) in [4.78, 5) is 4.17. The molecular weight excluding hydrogens is 248 g/mol. The van der Waals surface area contributed by atoms with Crippen molar-refractivity contribution >= 4 is 11.3 Å². The van der Waals surface area contributed by atoms with Gasteiger partial charge in [-0.2, -0.15) is 0 Å². The largest absolute Gasteiger partial charge is 0.480 e. The Labute approximate surface area is 109 Å². The molecule has 0 amide bonds. The molecule has 1 aliphatic carbocycles. The van der Waals surface area contributed by atoms with E-state index in [1.807, 2.05) is 12.1 Å². The van der Waals surface area contributed by atoms with Crippen LogP contribution < -0.4 is 10.1 Å². The molecule has 0 bridgehead atoms. The molecule has 5 nitrogen and oxygen atoms in total. The minimum Gasteiger partial charge on any atom is -0.480 e. The van der Waals surface area contributed by atoms with E-state index in [-0.39, 0.29) is 0 Å². The predicted molar refractivity (Wildman–Crippen MR) is 69.6 cm³/mol. The molecular formula is C12H14N4OS. The highest BCUT2D eigenvalue weighted by atomic mass is 32.1. The molecule has 0 unspecified atom stereocenters. The molecule has 1 aliphatic rings. The Balaban J connectivity index is 1.78. The van der Waals surface area contributed by atoms with E-state index < -0.39 is 0 Å². The molecule has 1 saturated carbocycles. The van der Waals surface area contributed by atoms with Crippen LogP contribution in [0.4, 0.5) is 0 Å². The van der Waals surface area contributed by atoms with Gasteiger partial charge in [0.15, 0.2) is 5.01 Å². The summed E-state index contributed by atoms with van der Waals surface area (Å²) in [6.45, 7) is 0.797. The number of nitrogens with one attached hydrogen (secondary N) is 1. The second-order valence-electron chi connectivity index (χ2n) is 4.22. The monoisotopic (exact) mass is 262 g/mol. The van der Waals surface area contributed by atoms with Crippen molar-refractivity contribution in [2.45, 2.75) is 25.4 Å². The lowest BCUT2D eigenvalue weighted by Gasteiger charge is -2.02. The van der Waals surface area contributed by atoms with Crippen molar-refractivity contribution in [3.8, 4) is 16.5 Å². The molecule has 94 valence electrons. The smallest absolute Gasteiger partial charge is 0.223 e. The number of hydrogen-bond donors (Lipinski definition) is 1. The van der Waals surface area contributed by atoms with Crippen LogP contribution in [0.1, 0.15) is 17.8 Å². The molecule has 0 aliphatic heterocycles. The van der Waals surface area contributed by atoms with Crippen LogP contribution in [0.2, 0.25) is 0 Å². The average molecular weight is 262 g/mol. The summed E-state index contributed by atoms with van der Waals surface area (Å²) in [7, 11) is 1.61. The minimum absolute atomic E-state index is 0.593. The van der Waals surface area contributed by atoms with Crippen LogP contribution in [0.3, 0.4) is 0 Å². The fourth-order valence-corrected chi connectivity index (χ4v) is 2.48. The van der Waals surface area contributed by atoms with Gasteiger partial charge in [-0.3, -0.25) is 0 Å². The zero-order valence-corrected chi connectivity index (χ0v) is 10.9. The van der Waals surface area contributed by atoms with Crippen LogP contribution in [-0.2, 0) is 6.54 Å². The molecule has 2 heterocycles. The lowest BCUT2D eigenvalue weighted by molar-refractivity contribution is 0.399. The summed E-state index contributed by atoms with van der Waals surface area (Å²) < 4.78 is 5.23. The van der Waals surface area contributed by atoms with Crippen LogP contribution >= 0.6 is 11.3 Å². The van der Waals surface area contributed by atoms with Crippen molar-refractivity contribution in [3.63, 3.8) is 0 Å². The summed E-state index contributed by atoms with van der Waals surface area (Å²) >= 11 is 1.58. The van der Waals surface area contributed by atoms with Crippen molar-refractivity contribution in [1.29, 1.82) is 0 Å². The third-order valence-corrected chi connectivity index (χ3v) is 3.74. The highest BCUT2D eigenvalue weighted by Crippen LogP contribution is 2.30. The SMILES string of the molecule is COc1ncccc1-c1nnc(CNC2CC2)s1. The van der Waals surface area contributed by atoms with Gasteiger partial charge in [0.25, 0.3) is 0 Å². The maximum Gasteiger partial charge on any atom is 0.223 e. The van der Waals surface area contributed by atoms with E-state index in [1.165, 1.54) is 12.8 Å². The second kappa shape index (κ2) is 4.99. The van der Waals surface area contributed by atoms with Gasteiger partial charge in [0, 0.05) is 18.8 Å². The quantitative estimate of drug-likeness (QED) is 0.891. The van der Waals surface area contributed by atoms with E-state index in [0.717, 1.165) is 22.1 Å². The zero-order valence-electron chi connectivity index (χ0n) is 10.1. The molecule has 1 fully saturated rings. The van der Waals surface area contributed by atoms with Crippen LogP contribution in [0.15, 0.2) is 18.3 Å². The number of rotatable bonds is 5. The maximum atomic E-state index is 5.23. The van der Waals surface area contributed by atoms with Crippen molar-refractivity contribution < 1.29 is 4.74 Å². The van der Waals surface area contributed by atoms with Crippen LogP contribution in [0, 0.1) is 0 Å². The Morgan fingerprint density at radius 1 is 1.44 bits per heavy atom. The Kier molecular flexibility index (Phi) is 3.21. The van der Waals surface area contributed by atoms with E-state index in [4.69, 9.17) is 4.74 Å². The first kappa shape index (κ1) is 11.6. The average Bonchev–Trinajstić information content (AvgIpc) is 3.13. The van der Waals surface area contributed by atoms with Crippen molar-refractivity contribution in [2.75, 3.05) is 7.11 Å². The predicted octanol–water partition coefficient (Wildman–Crippen LogP) is 1.86. The van der Waals surface area contributed by atoms with E-state index in [1.54, 1.807) is 24.6 Å². The van der Waals surface area contributed by atoms with Gasteiger partial charge in [0.05, 0.1) is 12.7 Å². The first-order valence-corrected chi connectivity index (χ1v) is 6.73. The normalized spacial score (nSPS) is 14.7. The highest BCUT2D eigenvalue weighted by Gasteiger charge is 2.21. The number of nitrogens with zero attached hydrogens (tertiary/aromatic N) is 3. The minimum atomic E-state index is 0.593. The summed E-state index contributed by atoms with van der Waals surface area (Å²) in [5.41, 5.74) is 0.898. The van der Waals surface area contributed by atoms with Gasteiger partial charge in [0.1, 0.15) is 5.01 Å². The molecule has 0 aromatic carbocycles. The van der Waals surface area contributed by atoms with E-state index in [9.17, 15) is 0 Å². The molecule has 18 heavy (non-hydrogen) atoms. The number of methoxy groups -OCH3 is 1. The molecule has 1 N–H and O–H groups in total. The second-order valence-corrected chi connectivity index (χ2v) is 5.28. The molecule has 3 rings (SSSR count). The molecule has 0 saturated heterocycles. The third-order valence-electron chi connectivity index (χ3n) is 2.78. The Morgan fingerprint density at radius 2 is 2.33 bits per heavy atom. The van der Waals surface area contributed by atoms with E-state index in [2.05, 4.69) is 20.5 Å². The molecule has 0 atom stereocenters. The van der Waals surface area contributed by atoms with Gasteiger partial charge in [0.2, 0.25) is 5.88 Å². The summed E-state index contributed by atoms with van der Waals surface area (Å²) in [6.07, 6.45) is 4.27. The Hall–Kier alpha value is -1.53. The van der Waals surface area contributed by atoms with Crippen LogP contribution in [0.25, 0.3) is 10.6 Å². The number of pyridine rings is 1. The fourth-order valence-electron chi connectivity index (χ4n) is 1.67. The Bertz CT molecular complexity index is 538. The lowest BCUT2D eigenvalue weighted by Crippen LogP contribution is -2.14. The summed E-state index contributed by atoms with van der Waals surface area (Å²) in [5, 5.41) is 13.7. The molecule has 0 spiro atoms. The zero-order chi connectivity index (χ0) is 12.4. The van der Waals surface area contributed by atoms with Crippen molar-refractivity contribution in [2.24, 2.45) is 0 Å². The number of hydrogen-bond acceptors (Lipinski definition) is 6. The first-order valence-electron chi connectivity index (χ1n) is 5.92. The Morgan fingerprint density at radius 3 is 3.11 bits per heavy atom. The van der Waals surface area contributed by atoms with Gasteiger partial charge >= 0.3 is 0 Å². The van der Waals surface area contributed by atoms with Crippen LogP contribution in [0.5, 0.6) is 5.88 Å². The van der Waals surface area contributed by atoms with Crippen LogP contribution in [-0.4, -0.2) is 28.3 Å². The van der Waals surface area contributed by atoms with E-state index >= 15 is 0 Å². The highest BCUT2D eigenvalue weighted by molar-refractivity contribution is 7.14. The van der Waals surface area contributed by atoms with Gasteiger partial charge in [-0.05, 0) is 25.0 Å². The maximum absolute atomic E-state index is 5.23. The van der Waals surface area contributed by atoms with Crippen molar-refractivity contribution in [3.05, 3.63) is 23.3 Å². The van der Waals surface area contributed by atoms with Gasteiger partial charge < -0.3 is 10.1 Å². The summed E-state index contributed by atoms with van der Waals surface area (Å²) in [5.74, 6) is 0.593. The number of ether oxygens (including phenoxy) is 1. The standard InChI is InChI=1S/C12H14N4OS/c1-17-11-9(3-2-6-13-11)12-16-15-10(18-12)7-14-8-4-5-8/h2-3,6,8,14H,4-5,7H2,1H3. The third kappa shape index (κ3) is 2.49. The first-order chi connectivity index (χ1) is 8.86. The van der Waals surface area contributed by atoms with Gasteiger partial charge in [-0.15, -0.1) is 10.2 Å². The molecule has 2 aromatic rings. The molecule has 2 aromatic heterocycles. The van der Waals surface area contributed by atoms with Crippen molar-refractivity contribution in [1.82, 2.24) is 20.5 Å². The lowest BCUT2D eigenvalue weighted by atomic mass is 10.3. The topological polar surface area (TPSA) is 59.9 Å². The molecule has 0 radical (unpaired) electrons.